The van der Waals surface area contributed by atoms with Crippen LogP contribution < -0.4 is 5.32 Å². The molecule has 0 aromatic carbocycles. The molecular weight excluding hydrogens is 274 g/mol. The molecule has 0 saturated carbocycles. The average molecular weight is 291 g/mol. The van der Waals surface area contributed by atoms with E-state index >= 15 is 0 Å². The topological polar surface area (TPSA) is 75.1 Å². The van der Waals surface area contributed by atoms with Gasteiger partial charge in [0.25, 0.3) is 5.91 Å². The molecule has 6 heteroatoms. The van der Waals surface area contributed by atoms with Gasteiger partial charge in [-0.05, 0) is 24.6 Å². The molecule has 0 saturated heterocycles. The molecule has 0 spiro atoms. The van der Waals surface area contributed by atoms with Crippen molar-refractivity contribution in [2.75, 3.05) is 6.54 Å². The van der Waals surface area contributed by atoms with Crippen LogP contribution in [0.5, 0.6) is 0 Å². The number of aliphatic hydroxyl groups is 1. The van der Waals surface area contributed by atoms with E-state index in [-0.39, 0.29) is 18.4 Å². The predicted octanol–water partition coefficient (Wildman–Crippen LogP) is 1.87. The van der Waals surface area contributed by atoms with Crippen LogP contribution >= 0.6 is 11.3 Å². The zero-order chi connectivity index (χ0) is 14.5. The maximum Gasteiger partial charge on any atom is 0.269 e. The minimum atomic E-state index is -0.236. The minimum Gasteiger partial charge on any atom is -0.392 e. The monoisotopic (exact) mass is 291 g/mol. The number of rotatable bonds is 5. The molecular formula is C14H17N3O2S. The van der Waals surface area contributed by atoms with Gasteiger partial charge in [-0.15, -0.1) is 11.3 Å². The van der Waals surface area contributed by atoms with Gasteiger partial charge < -0.3 is 10.4 Å². The van der Waals surface area contributed by atoms with Crippen molar-refractivity contribution in [3.05, 3.63) is 45.7 Å². The van der Waals surface area contributed by atoms with E-state index in [0.717, 1.165) is 10.7 Å². The summed E-state index contributed by atoms with van der Waals surface area (Å²) in [5.41, 5.74) is 1.99. The average Bonchev–Trinajstić information content (AvgIpc) is 2.91. The van der Waals surface area contributed by atoms with Gasteiger partial charge in [0.05, 0.1) is 11.6 Å². The number of nitrogens with zero attached hydrogens (tertiary/aromatic N) is 2. The Balaban J connectivity index is 1.94. The fraction of sp³-hybridized carbons (Fsp3) is 0.357. The van der Waals surface area contributed by atoms with E-state index in [1.54, 1.807) is 23.5 Å². The molecule has 1 amide bonds. The van der Waals surface area contributed by atoms with E-state index < -0.39 is 0 Å². The molecule has 2 aromatic heterocycles. The van der Waals surface area contributed by atoms with Gasteiger partial charge in [-0.3, -0.25) is 9.78 Å². The summed E-state index contributed by atoms with van der Waals surface area (Å²) in [4.78, 5) is 20.4. The number of aromatic nitrogens is 2. The van der Waals surface area contributed by atoms with Crippen molar-refractivity contribution < 1.29 is 9.90 Å². The van der Waals surface area contributed by atoms with Crippen LogP contribution in [0.15, 0.2) is 23.7 Å². The van der Waals surface area contributed by atoms with Crippen LogP contribution in [0, 0.1) is 6.92 Å². The molecule has 0 fully saturated rings. The Bertz CT molecular complexity index is 598. The number of nitrogens with one attached hydrogen (secondary N) is 1. The molecule has 2 aromatic rings. The first kappa shape index (κ1) is 14.6. The molecule has 0 aliphatic rings. The fourth-order valence-electron chi connectivity index (χ4n) is 1.72. The summed E-state index contributed by atoms with van der Waals surface area (Å²) in [6, 6.07) is 3.27. The van der Waals surface area contributed by atoms with Crippen LogP contribution in [-0.4, -0.2) is 27.5 Å². The molecule has 0 aliphatic heterocycles. The van der Waals surface area contributed by atoms with E-state index in [4.69, 9.17) is 5.11 Å². The molecule has 2 N–H and O–H groups in total. The quantitative estimate of drug-likeness (QED) is 0.882. The number of hydrogen-bond donors (Lipinski definition) is 2. The molecule has 0 bridgehead atoms. The number of aryl methyl sites for hydroxylation is 1. The Morgan fingerprint density at radius 1 is 1.55 bits per heavy atom. The first-order valence-corrected chi connectivity index (χ1v) is 7.24. The number of pyridine rings is 1. The molecule has 20 heavy (non-hydrogen) atoms. The first-order chi connectivity index (χ1) is 9.60. The van der Waals surface area contributed by atoms with Crippen LogP contribution in [0.4, 0.5) is 0 Å². The Kier molecular flexibility index (Phi) is 4.81. The second-order valence-electron chi connectivity index (χ2n) is 4.65. The van der Waals surface area contributed by atoms with Crippen molar-refractivity contribution in [3.63, 3.8) is 0 Å². The van der Waals surface area contributed by atoms with Gasteiger partial charge in [0, 0.05) is 29.7 Å². The summed E-state index contributed by atoms with van der Waals surface area (Å²) < 4.78 is 0. The van der Waals surface area contributed by atoms with E-state index in [0.29, 0.717) is 17.8 Å². The molecule has 0 radical (unpaired) electrons. The summed E-state index contributed by atoms with van der Waals surface area (Å²) in [5.74, 6) is -0.0703. The third kappa shape index (κ3) is 3.61. The van der Waals surface area contributed by atoms with Gasteiger partial charge in [0.15, 0.2) is 0 Å². The molecule has 5 nitrogen and oxygen atoms in total. The Morgan fingerprint density at radius 2 is 2.35 bits per heavy atom. The van der Waals surface area contributed by atoms with E-state index in [1.807, 2.05) is 19.2 Å². The summed E-state index contributed by atoms with van der Waals surface area (Å²) in [7, 11) is 0. The number of thiazole rings is 1. The summed E-state index contributed by atoms with van der Waals surface area (Å²) in [6.45, 7) is 4.39. The van der Waals surface area contributed by atoms with Crippen molar-refractivity contribution in [1.29, 1.82) is 0 Å². The van der Waals surface area contributed by atoms with Crippen LogP contribution in [0.3, 0.4) is 0 Å². The SMILES string of the molecule is Cc1csc([C@@H](C)CNC(=O)c2cc(CO)ccn2)n1. The molecule has 106 valence electrons. The lowest BCUT2D eigenvalue weighted by atomic mass is 10.2. The highest BCUT2D eigenvalue weighted by Gasteiger charge is 2.13. The highest BCUT2D eigenvalue weighted by molar-refractivity contribution is 7.09. The van der Waals surface area contributed by atoms with E-state index in [9.17, 15) is 4.79 Å². The van der Waals surface area contributed by atoms with Crippen LogP contribution in [0.25, 0.3) is 0 Å². The van der Waals surface area contributed by atoms with Gasteiger partial charge in [-0.25, -0.2) is 4.98 Å². The van der Waals surface area contributed by atoms with E-state index in [2.05, 4.69) is 15.3 Å². The zero-order valence-corrected chi connectivity index (χ0v) is 12.3. The fourth-order valence-corrected chi connectivity index (χ4v) is 2.58. The second kappa shape index (κ2) is 6.58. The molecule has 0 unspecified atom stereocenters. The van der Waals surface area contributed by atoms with Gasteiger partial charge in [-0.1, -0.05) is 6.92 Å². The number of amides is 1. The van der Waals surface area contributed by atoms with Gasteiger partial charge >= 0.3 is 0 Å². The predicted molar refractivity (Wildman–Crippen MR) is 77.8 cm³/mol. The van der Waals surface area contributed by atoms with E-state index in [1.165, 1.54) is 6.20 Å². The normalized spacial score (nSPS) is 12.2. The van der Waals surface area contributed by atoms with Crippen molar-refractivity contribution in [3.8, 4) is 0 Å². The van der Waals surface area contributed by atoms with Crippen molar-refractivity contribution in [1.82, 2.24) is 15.3 Å². The maximum atomic E-state index is 12.0. The smallest absolute Gasteiger partial charge is 0.269 e. The molecule has 2 rings (SSSR count). The minimum absolute atomic E-state index is 0.0996. The van der Waals surface area contributed by atoms with Crippen molar-refractivity contribution >= 4 is 17.2 Å². The first-order valence-electron chi connectivity index (χ1n) is 6.36. The Morgan fingerprint density at radius 3 is 3.00 bits per heavy atom. The van der Waals surface area contributed by atoms with Gasteiger partial charge in [0.2, 0.25) is 0 Å². The molecule has 0 aliphatic carbocycles. The Hall–Kier alpha value is -1.79. The maximum absolute atomic E-state index is 12.0. The number of carbonyl (C=O) groups is 1. The summed E-state index contributed by atoms with van der Waals surface area (Å²) >= 11 is 1.60. The third-order valence-corrected chi connectivity index (χ3v) is 4.06. The lowest BCUT2D eigenvalue weighted by Crippen LogP contribution is -2.28. The molecule has 2 heterocycles. The van der Waals surface area contributed by atoms with Crippen molar-refractivity contribution in [2.24, 2.45) is 0 Å². The van der Waals surface area contributed by atoms with Gasteiger partial charge in [0.1, 0.15) is 5.69 Å². The number of aliphatic hydroxyl groups excluding tert-OH is 1. The lowest BCUT2D eigenvalue weighted by molar-refractivity contribution is 0.0946. The van der Waals surface area contributed by atoms with Crippen molar-refractivity contribution in [2.45, 2.75) is 26.4 Å². The largest absolute Gasteiger partial charge is 0.392 e. The van der Waals surface area contributed by atoms with Gasteiger partial charge in [-0.2, -0.15) is 0 Å². The standard InChI is InChI=1S/C14H17N3O2S/c1-9(14-17-10(2)8-20-14)6-16-13(19)12-5-11(7-18)3-4-15-12/h3-5,8-9,18H,6-7H2,1-2H3,(H,16,19)/t9-/m0/s1. The third-order valence-electron chi connectivity index (χ3n) is 2.87. The van der Waals surface area contributed by atoms with Crippen LogP contribution in [-0.2, 0) is 6.61 Å². The summed E-state index contributed by atoms with van der Waals surface area (Å²) in [6.07, 6.45) is 1.52. The highest BCUT2D eigenvalue weighted by atomic mass is 32.1. The zero-order valence-electron chi connectivity index (χ0n) is 11.5. The van der Waals surface area contributed by atoms with Crippen LogP contribution in [0.2, 0.25) is 0 Å². The lowest BCUT2D eigenvalue weighted by Gasteiger charge is -2.10. The number of hydrogen-bond acceptors (Lipinski definition) is 5. The second-order valence-corrected chi connectivity index (χ2v) is 5.54. The summed E-state index contributed by atoms with van der Waals surface area (Å²) in [5, 5.41) is 14.9. The highest BCUT2D eigenvalue weighted by Crippen LogP contribution is 2.18. The Labute approximate surface area is 121 Å². The number of carbonyl (C=O) groups excluding carboxylic acids is 1. The molecule has 1 atom stereocenters. The van der Waals surface area contributed by atoms with Crippen LogP contribution in [0.1, 0.15) is 39.6 Å².